The van der Waals surface area contributed by atoms with Gasteiger partial charge in [-0.15, -0.1) is 0 Å². The van der Waals surface area contributed by atoms with Gasteiger partial charge >= 0.3 is 0 Å². The fourth-order valence-corrected chi connectivity index (χ4v) is 4.93. The van der Waals surface area contributed by atoms with Gasteiger partial charge in [0.15, 0.2) is 0 Å². The largest absolute Gasteiger partial charge is 0.374 e. The van der Waals surface area contributed by atoms with E-state index in [0.717, 1.165) is 50.1 Å². The molecular formula is C27H36F2N2O2. The van der Waals surface area contributed by atoms with E-state index in [0.29, 0.717) is 31.0 Å². The van der Waals surface area contributed by atoms with Crippen LogP contribution >= 0.6 is 0 Å². The van der Waals surface area contributed by atoms with E-state index >= 15 is 0 Å². The predicted molar refractivity (Wildman–Crippen MR) is 128 cm³/mol. The van der Waals surface area contributed by atoms with Crippen LogP contribution in [0.4, 0.5) is 8.78 Å². The lowest BCUT2D eigenvalue weighted by atomic mass is 9.95. The van der Waals surface area contributed by atoms with Crippen LogP contribution in [0.5, 0.6) is 0 Å². The number of likely N-dealkylation sites (tertiary alicyclic amines) is 2. The number of allylic oxidation sites excluding steroid dienone is 2. The van der Waals surface area contributed by atoms with E-state index in [-0.39, 0.29) is 18.6 Å². The van der Waals surface area contributed by atoms with Crippen molar-refractivity contribution in [2.45, 2.75) is 57.5 Å². The Morgan fingerprint density at radius 2 is 1.85 bits per heavy atom. The maximum Gasteiger partial charge on any atom is 0.253 e. The molecule has 180 valence electrons. The highest BCUT2D eigenvalue weighted by molar-refractivity contribution is 5.95. The molecule has 1 aliphatic carbocycles. The molecule has 1 aromatic carbocycles. The molecule has 1 amide bonds. The van der Waals surface area contributed by atoms with Gasteiger partial charge in [-0.3, -0.25) is 4.79 Å². The number of hydrogen-bond acceptors (Lipinski definition) is 3. The van der Waals surface area contributed by atoms with Crippen molar-refractivity contribution in [2.24, 2.45) is 5.92 Å². The standard InChI is InChI=1S/C27H36F2N2O2/c1-27(2,29)19-30-14-11-20(12-15-30)18-33-25-9-7-22(8-10-25)21-3-5-23(6-4-21)26(32)31-16-13-24(28)17-31/h3-9,20,24-25H,10-19H2,1-2H3/t24-,25?/m0/s1. The van der Waals surface area contributed by atoms with Crippen LogP contribution in [0.3, 0.4) is 0 Å². The molecule has 2 aliphatic heterocycles. The first-order valence-corrected chi connectivity index (χ1v) is 12.2. The monoisotopic (exact) mass is 458 g/mol. The molecule has 2 fully saturated rings. The van der Waals surface area contributed by atoms with Crippen LogP contribution in [-0.2, 0) is 4.74 Å². The van der Waals surface area contributed by atoms with Crippen LogP contribution in [0.2, 0.25) is 0 Å². The van der Waals surface area contributed by atoms with E-state index in [2.05, 4.69) is 23.1 Å². The van der Waals surface area contributed by atoms with Crippen molar-refractivity contribution in [1.29, 1.82) is 0 Å². The topological polar surface area (TPSA) is 32.8 Å². The van der Waals surface area contributed by atoms with E-state index in [4.69, 9.17) is 4.74 Å². The van der Waals surface area contributed by atoms with Gasteiger partial charge in [0.25, 0.3) is 5.91 Å². The Kier molecular flexibility index (Phi) is 7.65. The van der Waals surface area contributed by atoms with Crippen molar-refractivity contribution in [3.05, 3.63) is 53.6 Å². The van der Waals surface area contributed by atoms with Crippen molar-refractivity contribution >= 4 is 11.5 Å². The Bertz CT molecular complexity index is 867. The zero-order valence-corrected chi connectivity index (χ0v) is 19.8. The fraction of sp³-hybridized carbons (Fsp3) is 0.593. The maximum absolute atomic E-state index is 13.8. The zero-order valence-electron chi connectivity index (χ0n) is 19.8. The highest BCUT2D eigenvalue weighted by Crippen LogP contribution is 2.26. The van der Waals surface area contributed by atoms with Gasteiger partial charge in [0.2, 0.25) is 0 Å². The van der Waals surface area contributed by atoms with E-state index < -0.39 is 11.8 Å². The molecule has 0 bridgehead atoms. The molecule has 0 saturated carbocycles. The van der Waals surface area contributed by atoms with Crippen molar-refractivity contribution in [2.75, 3.05) is 39.3 Å². The molecule has 2 heterocycles. The number of carbonyl (C=O) groups excluding carboxylic acids is 1. The van der Waals surface area contributed by atoms with Crippen molar-refractivity contribution in [3.8, 4) is 0 Å². The molecule has 1 aromatic rings. The highest BCUT2D eigenvalue weighted by atomic mass is 19.1. The molecule has 2 atom stereocenters. The average Bonchev–Trinajstić information content (AvgIpc) is 3.24. The smallest absolute Gasteiger partial charge is 0.253 e. The van der Waals surface area contributed by atoms with Gasteiger partial charge in [0, 0.05) is 18.7 Å². The maximum atomic E-state index is 13.8. The Labute approximate surface area is 196 Å². The summed E-state index contributed by atoms with van der Waals surface area (Å²) in [5.74, 6) is 0.443. The number of hydrogen-bond donors (Lipinski definition) is 0. The molecule has 4 rings (SSSR count). The summed E-state index contributed by atoms with van der Waals surface area (Å²) in [6.07, 6.45) is 8.94. The molecule has 0 spiro atoms. The first-order valence-electron chi connectivity index (χ1n) is 12.2. The van der Waals surface area contributed by atoms with E-state index in [1.165, 1.54) is 0 Å². The highest BCUT2D eigenvalue weighted by Gasteiger charge is 2.27. The van der Waals surface area contributed by atoms with Gasteiger partial charge in [-0.25, -0.2) is 8.78 Å². The summed E-state index contributed by atoms with van der Waals surface area (Å²) in [5, 5.41) is 0. The number of piperidine rings is 1. The number of ether oxygens (including phenoxy) is 1. The van der Waals surface area contributed by atoms with Crippen molar-refractivity contribution < 1.29 is 18.3 Å². The van der Waals surface area contributed by atoms with Crippen LogP contribution in [0.25, 0.3) is 5.57 Å². The second-order valence-electron chi connectivity index (χ2n) is 10.3. The molecular weight excluding hydrogens is 422 g/mol. The molecule has 4 nitrogen and oxygen atoms in total. The summed E-state index contributed by atoms with van der Waals surface area (Å²) >= 11 is 0. The van der Waals surface area contributed by atoms with E-state index in [1.807, 2.05) is 24.3 Å². The van der Waals surface area contributed by atoms with Gasteiger partial charge in [0.1, 0.15) is 11.8 Å². The molecule has 0 aromatic heterocycles. The van der Waals surface area contributed by atoms with Crippen LogP contribution in [0.1, 0.15) is 55.5 Å². The van der Waals surface area contributed by atoms with E-state index in [1.54, 1.807) is 18.7 Å². The number of benzene rings is 1. The van der Waals surface area contributed by atoms with Crippen LogP contribution in [-0.4, -0.2) is 73.0 Å². The molecule has 2 saturated heterocycles. The summed E-state index contributed by atoms with van der Waals surface area (Å²) in [5.41, 5.74) is 1.66. The Morgan fingerprint density at radius 1 is 1.12 bits per heavy atom. The number of carbonyl (C=O) groups is 1. The minimum Gasteiger partial charge on any atom is -0.374 e. The van der Waals surface area contributed by atoms with Crippen LogP contribution < -0.4 is 0 Å². The lowest BCUT2D eigenvalue weighted by molar-refractivity contribution is 0.0274. The minimum absolute atomic E-state index is 0.0845. The number of amides is 1. The molecule has 33 heavy (non-hydrogen) atoms. The zero-order chi connectivity index (χ0) is 23.4. The van der Waals surface area contributed by atoms with Crippen LogP contribution in [0.15, 0.2) is 42.5 Å². The quantitative estimate of drug-likeness (QED) is 0.573. The average molecular weight is 459 g/mol. The summed E-state index contributed by atoms with van der Waals surface area (Å²) < 4.78 is 33.4. The number of nitrogens with zero attached hydrogens (tertiary/aromatic N) is 2. The SMILES string of the molecule is CC(C)(F)CN1CCC(COC2C=CC(c3ccc(C(=O)N4CC[C@H](F)C4)cc3)=CC2)CC1. The predicted octanol–water partition coefficient (Wildman–Crippen LogP) is 5.06. The summed E-state index contributed by atoms with van der Waals surface area (Å²) in [6.45, 7) is 7.11. The van der Waals surface area contributed by atoms with Gasteiger partial charge in [0.05, 0.1) is 19.3 Å². The van der Waals surface area contributed by atoms with Gasteiger partial charge < -0.3 is 14.5 Å². The molecule has 3 aliphatic rings. The summed E-state index contributed by atoms with van der Waals surface area (Å²) in [7, 11) is 0. The Balaban J connectivity index is 1.21. The summed E-state index contributed by atoms with van der Waals surface area (Å²) in [4.78, 5) is 16.3. The fourth-order valence-electron chi connectivity index (χ4n) is 4.93. The number of rotatable bonds is 7. The second kappa shape index (κ2) is 10.5. The molecule has 0 radical (unpaired) electrons. The summed E-state index contributed by atoms with van der Waals surface area (Å²) in [6, 6.07) is 7.58. The Morgan fingerprint density at radius 3 is 2.42 bits per heavy atom. The van der Waals surface area contributed by atoms with Gasteiger partial charge in [-0.1, -0.05) is 30.4 Å². The molecule has 6 heteroatoms. The third-order valence-electron chi connectivity index (χ3n) is 6.80. The lowest BCUT2D eigenvalue weighted by Crippen LogP contribution is -2.41. The van der Waals surface area contributed by atoms with Crippen molar-refractivity contribution in [1.82, 2.24) is 9.80 Å². The molecule has 0 N–H and O–H groups in total. The molecule has 1 unspecified atom stereocenters. The normalized spacial score (nSPS) is 24.8. The minimum atomic E-state index is -1.14. The van der Waals surface area contributed by atoms with Crippen molar-refractivity contribution in [3.63, 3.8) is 0 Å². The van der Waals surface area contributed by atoms with Gasteiger partial charge in [-0.2, -0.15) is 0 Å². The van der Waals surface area contributed by atoms with Crippen LogP contribution in [0, 0.1) is 5.92 Å². The van der Waals surface area contributed by atoms with Gasteiger partial charge in [-0.05, 0) is 81.8 Å². The third kappa shape index (κ3) is 6.73. The number of halogens is 2. The van der Waals surface area contributed by atoms with E-state index in [9.17, 15) is 13.6 Å². The number of alkyl halides is 2. The second-order valence-corrected chi connectivity index (χ2v) is 10.3. The Hall–Kier alpha value is -2.05. The first kappa shape index (κ1) is 24.1. The third-order valence-corrected chi connectivity index (χ3v) is 6.80. The lowest BCUT2D eigenvalue weighted by Gasteiger charge is -2.34. The first-order chi connectivity index (χ1) is 15.8.